The van der Waals surface area contributed by atoms with Crippen LogP contribution in [-0.2, 0) is 14.8 Å². The van der Waals surface area contributed by atoms with Crippen molar-refractivity contribution >= 4 is 34.0 Å². The third kappa shape index (κ3) is 4.41. The lowest BCUT2D eigenvalue weighted by Gasteiger charge is -2.34. The minimum atomic E-state index is -3.81. The maximum absolute atomic E-state index is 12.5. The lowest BCUT2D eigenvalue weighted by molar-refractivity contribution is -0.385. The highest BCUT2D eigenvalue weighted by Gasteiger charge is 2.30. The summed E-state index contributed by atoms with van der Waals surface area (Å²) >= 11 is 0. The molecule has 0 bridgehead atoms. The van der Waals surface area contributed by atoms with E-state index in [1.165, 1.54) is 22.5 Å². The molecule has 0 saturated carbocycles. The minimum Gasteiger partial charge on any atom is -0.340 e. The molecule has 1 aromatic carbocycles. The molecule has 1 heterocycles. The van der Waals surface area contributed by atoms with Gasteiger partial charge in [0.15, 0.2) is 0 Å². The second kappa shape index (κ2) is 8.38. The Morgan fingerprint density at radius 2 is 1.88 bits per heavy atom. The van der Waals surface area contributed by atoms with Crippen LogP contribution < -0.4 is 5.73 Å². The Morgan fingerprint density at radius 3 is 2.42 bits per heavy atom. The van der Waals surface area contributed by atoms with Gasteiger partial charge in [-0.25, -0.2) is 8.42 Å². The molecule has 0 aromatic heterocycles. The van der Waals surface area contributed by atoms with Crippen molar-refractivity contribution in [3.8, 4) is 0 Å². The highest BCUT2D eigenvalue weighted by molar-refractivity contribution is 7.89. The van der Waals surface area contributed by atoms with E-state index in [4.69, 9.17) is 5.73 Å². The van der Waals surface area contributed by atoms with Crippen molar-refractivity contribution in [2.75, 3.05) is 32.7 Å². The number of piperazine rings is 1. The summed E-state index contributed by atoms with van der Waals surface area (Å²) in [6.07, 6.45) is 0.234. The minimum absolute atomic E-state index is 0. The van der Waals surface area contributed by atoms with Gasteiger partial charge in [0.25, 0.3) is 5.69 Å². The second-order valence-corrected chi connectivity index (χ2v) is 7.02. The fourth-order valence-electron chi connectivity index (χ4n) is 2.37. The van der Waals surface area contributed by atoms with E-state index < -0.39 is 14.9 Å². The molecule has 0 aliphatic carbocycles. The number of carbonyl (C=O) groups excluding carboxylic acids is 1. The molecule has 9 nitrogen and oxygen atoms in total. The van der Waals surface area contributed by atoms with Crippen molar-refractivity contribution in [3.63, 3.8) is 0 Å². The highest BCUT2D eigenvalue weighted by Crippen LogP contribution is 2.22. The number of halogens is 1. The molecular weight excluding hydrogens is 360 g/mol. The van der Waals surface area contributed by atoms with Crippen molar-refractivity contribution in [2.45, 2.75) is 11.3 Å². The molecule has 0 spiro atoms. The Kier molecular flexibility index (Phi) is 7.08. The van der Waals surface area contributed by atoms with E-state index in [9.17, 15) is 23.3 Å². The fourth-order valence-corrected chi connectivity index (χ4v) is 3.83. The van der Waals surface area contributed by atoms with Gasteiger partial charge in [0.2, 0.25) is 15.9 Å². The zero-order valence-corrected chi connectivity index (χ0v) is 14.5. The van der Waals surface area contributed by atoms with Crippen LogP contribution in [0.2, 0.25) is 0 Å². The van der Waals surface area contributed by atoms with Gasteiger partial charge in [-0.1, -0.05) is 6.07 Å². The number of amides is 1. The number of hydrogen-bond donors (Lipinski definition) is 1. The van der Waals surface area contributed by atoms with Crippen LogP contribution in [-0.4, -0.2) is 61.2 Å². The smallest absolute Gasteiger partial charge is 0.270 e. The molecule has 1 saturated heterocycles. The fraction of sp³-hybridized carbons (Fsp3) is 0.462. The number of nitro benzene ring substituents is 1. The van der Waals surface area contributed by atoms with Crippen LogP contribution in [0.25, 0.3) is 0 Å². The van der Waals surface area contributed by atoms with Crippen molar-refractivity contribution < 1.29 is 18.1 Å². The SMILES string of the molecule is Cl.NCCC(=O)N1CCN(S(=O)(=O)c2cccc([N+](=O)[O-])c2)CC1. The molecular formula is C13H19ClN4O5S. The number of hydrogen-bond acceptors (Lipinski definition) is 6. The average molecular weight is 379 g/mol. The summed E-state index contributed by atoms with van der Waals surface area (Å²) in [5.41, 5.74) is 5.06. The second-order valence-electron chi connectivity index (χ2n) is 5.08. The number of nitrogens with zero attached hydrogens (tertiary/aromatic N) is 3. The average Bonchev–Trinajstić information content (AvgIpc) is 2.55. The number of rotatable bonds is 5. The van der Waals surface area contributed by atoms with Gasteiger partial charge < -0.3 is 10.6 Å². The van der Waals surface area contributed by atoms with Gasteiger partial charge in [0.05, 0.1) is 9.82 Å². The van der Waals surface area contributed by atoms with Crippen molar-refractivity contribution in [1.82, 2.24) is 9.21 Å². The van der Waals surface area contributed by atoms with Crippen LogP contribution in [0.1, 0.15) is 6.42 Å². The first-order chi connectivity index (χ1) is 10.9. The predicted molar refractivity (Wildman–Crippen MR) is 89.4 cm³/mol. The molecule has 1 aliphatic heterocycles. The Bertz CT molecular complexity index is 704. The first-order valence-electron chi connectivity index (χ1n) is 7.08. The molecule has 0 radical (unpaired) electrons. The van der Waals surface area contributed by atoms with Gasteiger partial charge in [-0.05, 0) is 6.07 Å². The Morgan fingerprint density at radius 1 is 1.25 bits per heavy atom. The summed E-state index contributed by atoms with van der Waals surface area (Å²) in [5, 5.41) is 10.8. The molecule has 2 rings (SSSR count). The standard InChI is InChI=1S/C13H18N4O5S.ClH/c14-5-4-13(18)15-6-8-16(9-7-15)23(21,22)12-3-1-2-11(10-12)17(19)20;/h1-3,10H,4-9,14H2;1H. The van der Waals surface area contributed by atoms with Gasteiger partial charge in [0, 0.05) is 51.3 Å². The molecule has 1 aliphatic rings. The van der Waals surface area contributed by atoms with E-state index >= 15 is 0 Å². The largest absolute Gasteiger partial charge is 0.340 e. The lowest BCUT2D eigenvalue weighted by atomic mass is 10.3. The maximum atomic E-state index is 12.5. The molecule has 1 fully saturated rings. The molecule has 134 valence electrons. The number of carbonyl (C=O) groups is 1. The Balaban J connectivity index is 0.00000288. The Hall–Kier alpha value is -1.75. The molecule has 11 heteroatoms. The van der Waals surface area contributed by atoms with E-state index in [1.54, 1.807) is 4.90 Å². The van der Waals surface area contributed by atoms with Gasteiger partial charge >= 0.3 is 0 Å². The van der Waals surface area contributed by atoms with E-state index in [-0.39, 0.29) is 68.0 Å². The summed E-state index contributed by atoms with van der Waals surface area (Å²) in [6, 6.07) is 4.95. The molecule has 0 unspecified atom stereocenters. The van der Waals surface area contributed by atoms with E-state index in [2.05, 4.69) is 0 Å². The molecule has 24 heavy (non-hydrogen) atoms. The van der Waals surface area contributed by atoms with Crippen molar-refractivity contribution in [3.05, 3.63) is 34.4 Å². The first-order valence-corrected chi connectivity index (χ1v) is 8.52. The van der Waals surface area contributed by atoms with Crippen LogP contribution >= 0.6 is 12.4 Å². The molecule has 1 amide bonds. The predicted octanol–water partition coefficient (Wildman–Crippen LogP) is 0.198. The molecule has 1 aromatic rings. The first kappa shape index (κ1) is 20.3. The molecule has 2 N–H and O–H groups in total. The van der Waals surface area contributed by atoms with Crippen LogP contribution in [0, 0.1) is 10.1 Å². The topological polar surface area (TPSA) is 127 Å². The van der Waals surface area contributed by atoms with Crippen LogP contribution in [0.15, 0.2) is 29.2 Å². The van der Waals surface area contributed by atoms with E-state index in [0.717, 1.165) is 6.07 Å². The summed E-state index contributed by atoms with van der Waals surface area (Å²) in [4.78, 5) is 23.3. The quantitative estimate of drug-likeness (QED) is 0.575. The van der Waals surface area contributed by atoms with E-state index in [1.807, 2.05) is 0 Å². The normalized spacial score (nSPS) is 15.6. The zero-order valence-electron chi connectivity index (χ0n) is 12.8. The van der Waals surface area contributed by atoms with Crippen molar-refractivity contribution in [2.24, 2.45) is 5.73 Å². The van der Waals surface area contributed by atoms with Gasteiger partial charge in [0.1, 0.15) is 0 Å². The number of nitrogens with two attached hydrogens (primary N) is 1. The maximum Gasteiger partial charge on any atom is 0.270 e. The number of nitro groups is 1. The third-order valence-corrected chi connectivity index (χ3v) is 5.51. The van der Waals surface area contributed by atoms with Crippen LogP contribution in [0.3, 0.4) is 0 Å². The highest BCUT2D eigenvalue weighted by atomic mass is 35.5. The molecule has 0 atom stereocenters. The van der Waals surface area contributed by atoms with Crippen LogP contribution in [0.4, 0.5) is 5.69 Å². The summed E-state index contributed by atoms with van der Waals surface area (Å²) in [7, 11) is -3.81. The summed E-state index contributed by atoms with van der Waals surface area (Å²) in [5.74, 6) is -0.0973. The van der Waals surface area contributed by atoms with E-state index in [0.29, 0.717) is 0 Å². The van der Waals surface area contributed by atoms with Gasteiger partial charge in [-0.2, -0.15) is 4.31 Å². The summed E-state index contributed by atoms with van der Waals surface area (Å²) in [6.45, 7) is 1.13. The monoisotopic (exact) mass is 378 g/mol. The van der Waals surface area contributed by atoms with Crippen LogP contribution in [0.5, 0.6) is 0 Å². The van der Waals surface area contributed by atoms with Crippen molar-refractivity contribution in [1.29, 1.82) is 0 Å². The summed E-state index contributed by atoms with van der Waals surface area (Å²) < 4.78 is 26.3. The number of non-ortho nitro benzene ring substituents is 1. The lowest BCUT2D eigenvalue weighted by Crippen LogP contribution is -2.50. The third-order valence-electron chi connectivity index (χ3n) is 3.62. The Labute approximate surface area is 146 Å². The zero-order chi connectivity index (χ0) is 17.0. The van der Waals surface area contributed by atoms with Gasteiger partial charge in [-0.3, -0.25) is 14.9 Å². The van der Waals surface area contributed by atoms with Gasteiger partial charge in [-0.15, -0.1) is 12.4 Å². The number of benzene rings is 1. The number of sulfonamides is 1.